The molecule has 0 amide bonds. The molecule has 3 heteroatoms. The summed E-state index contributed by atoms with van der Waals surface area (Å²) >= 11 is 2.31. The van der Waals surface area contributed by atoms with Gasteiger partial charge in [-0.2, -0.15) is 0 Å². The standard InChI is InChI=1S/C32H24IOP/c33-28-22-20-26(21-23-28)25-16-18-27(19-17-25)32(34)24-35(29-10-4-1-5-11-29,30-12-6-2-7-13-30)31-14-8-3-9-15-31/h1-24H. The maximum Gasteiger partial charge on any atom is 0.186 e. The predicted molar refractivity (Wildman–Crippen MR) is 160 cm³/mol. The molecule has 0 aliphatic carbocycles. The predicted octanol–water partition coefficient (Wildman–Crippen LogP) is 6.94. The molecule has 0 radical (unpaired) electrons. The van der Waals surface area contributed by atoms with Crippen molar-refractivity contribution in [3.8, 4) is 11.1 Å². The summed E-state index contributed by atoms with van der Waals surface area (Å²) in [5.74, 6) is 2.04. The highest BCUT2D eigenvalue weighted by Gasteiger charge is 2.26. The molecule has 0 heterocycles. The van der Waals surface area contributed by atoms with Gasteiger partial charge in [-0.05, 0) is 74.4 Å². The molecule has 0 atom stereocenters. The molecular weight excluding hydrogens is 558 g/mol. The molecule has 0 aliphatic rings. The van der Waals surface area contributed by atoms with E-state index in [-0.39, 0.29) is 5.78 Å². The lowest BCUT2D eigenvalue weighted by Gasteiger charge is -2.28. The third-order valence-electron chi connectivity index (χ3n) is 6.15. The molecule has 5 aromatic carbocycles. The van der Waals surface area contributed by atoms with E-state index in [0.29, 0.717) is 5.56 Å². The van der Waals surface area contributed by atoms with Crippen LogP contribution in [0.2, 0.25) is 0 Å². The summed E-state index contributed by atoms with van der Waals surface area (Å²) in [6.07, 6.45) is 0. The molecule has 0 unspecified atom stereocenters. The summed E-state index contributed by atoms with van der Waals surface area (Å²) in [6.45, 7) is -2.33. The highest BCUT2D eigenvalue weighted by molar-refractivity contribution is 14.1. The maximum atomic E-state index is 13.8. The second-order valence-corrected chi connectivity index (χ2v) is 12.8. The van der Waals surface area contributed by atoms with Gasteiger partial charge < -0.3 is 0 Å². The zero-order valence-corrected chi connectivity index (χ0v) is 22.1. The van der Waals surface area contributed by atoms with E-state index in [1.54, 1.807) is 0 Å². The third-order valence-corrected chi connectivity index (χ3v) is 10.8. The van der Waals surface area contributed by atoms with Crippen LogP contribution in [0.15, 0.2) is 140 Å². The number of carbonyl (C=O) groups is 1. The van der Waals surface area contributed by atoms with Gasteiger partial charge in [0.05, 0.1) is 0 Å². The SMILES string of the molecule is O=C(C=P(c1ccccc1)(c1ccccc1)c1ccccc1)c1ccc(-c2ccc(I)cc2)cc1. The van der Waals surface area contributed by atoms with Gasteiger partial charge in [0.2, 0.25) is 0 Å². The fourth-order valence-corrected chi connectivity index (χ4v) is 8.51. The fraction of sp³-hybridized carbons (Fsp3) is 0. The van der Waals surface area contributed by atoms with Gasteiger partial charge in [0, 0.05) is 9.13 Å². The number of hydrogen-bond acceptors (Lipinski definition) is 1. The van der Waals surface area contributed by atoms with Crippen LogP contribution < -0.4 is 15.9 Å². The smallest absolute Gasteiger partial charge is 0.186 e. The van der Waals surface area contributed by atoms with E-state index in [1.807, 2.05) is 48.3 Å². The van der Waals surface area contributed by atoms with Crippen LogP contribution in [0.5, 0.6) is 0 Å². The average Bonchev–Trinajstić information content (AvgIpc) is 2.93. The van der Waals surface area contributed by atoms with Crippen molar-refractivity contribution < 1.29 is 4.79 Å². The van der Waals surface area contributed by atoms with Crippen molar-refractivity contribution in [2.45, 2.75) is 0 Å². The normalized spacial score (nSPS) is 11.1. The lowest BCUT2D eigenvalue weighted by atomic mass is 10.0. The Hall–Kier alpha value is -3.20. The van der Waals surface area contributed by atoms with Crippen LogP contribution in [0.1, 0.15) is 10.4 Å². The lowest BCUT2D eigenvalue weighted by Crippen LogP contribution is -2.28. The number of rotatable bonds is 6. The first-order chi connectivity index (χ1) is 17.2. The van der Waals surface area contributed by atoms with Crippen molar-refractivity contribution in [2.75, 3.05) is 0 Å². The Morgan fingerprint density at radius 2 is 0.886 bits per heavy atom. The van der Waals surface area contributed by atoms with Crippen molar-refractivity contribution >= 4 is 57.0 Å². The zero-order valence-electron chi connectivity index (χ0n) is 19.1. The molecule has 35 heavy (non-hydrogen) atoms. The van der Waals surface area contributed by atoms with Crippen LogP contribution in [0.25, 0.3) is 11.1 Å². The van der Waals surface area contributed by atoms with E-state index in [2.05, 4.69) is 120 Å². The highest BCUT2D eigenvalue weighted by Crippen LogP contribution is 2.43. The molecule has 0 fully saturated rings. The van der Waals surface area contributed by atoms with Crippen LogP contribution in [0, 0.1) is 3.57 Å². The van der Waals surface area contributed by atoms with Crippen LogP contribution in [0.3, 0.4) is 0 Å². The largest absolute Gasteiger partial charge is 0.289 e. The zero-order chi connectivity index (χ0) is 24.1. The molecular formula is C32H24IOP. The molecule has 0 spiro atoms. The number of ketones is 1. The molecule has 0 bridgehead atoms. The van der Waals surface area contributed by atoms with E-state index in [4.69, 9.17) is 0 Å². The second kappa shape index (κ2) is 10.6. The van der Waals surface area contributed by atoms with Crippen LogP contribution in [0.4, 0.5) is 0 Å². The average molecular weight is 582 g/mol. The molecule has 0 saturated heterocycles. The number of halogens is 1. The monoisotopic (exact) mass is 582 g/mol. The first-order valence-electron chi connectivity index (χ1n) is 11.5. The minimum absolute atomic E-state index is 0.0454. The minimum atomic E-state index is -2.33. The van der Waals surface area contributed by atoms with Crippen LogP contribution in [-0.2, 0) is 0 Å². The lowest BCUT2D eigenvalue weighted by molar-refractivity contribution is 0.107. The van der Waals surface area contributed by atoms with Crippen LogP contribution in [-0.4, -0.2) is 11.6 Å². The Morgan fingerprint density at radius 3 is 1.29 bits per heavy atom. The molecule has 1 nitrogen and oxygen atoms in total. The van der Waals surface area contributed by atoms with Crippen molar-refractivity contribution in [1.29, 1.82) is 0 Å². The van der Waals surface area contributed by atoms with Crippen molar-refractivity contribution in [1.82, 2.24) is 0 Å². The summed E-state index contributed by atoms with van der Waals surface area (Å²) < 4.78 is 1.20. The van der Waals surface area contributed by atoms with E-state index in [0.717, 1.165) is 11.1 Å². The summed E-state index contributed by atoms with van der Waals surface area (Å²) in [4.78, 5) is 13.8. The van der Waals surface area contributed by atoms with Crippen molar-refractivity contribution in [3.63, 3.8) is 0 Å². The Labute approximate surface area is 220 Å². The summed E-state index contributed by atoms with van der Waals surface area (Å²) in [5, 5.41) is 3.50. The summed E-state index contributed by atoms with van der Waals surface area (Å²) in [6, 6.07) is 47.7. The van der Waals surface area contributed by atoms with E-state index >= 15 is 0 Å². The van der Waals surface area contributed by atoms with E-state index < -0.39 is 6.89 Å². The van der Waals surface area contributed by atoms with Gasteiger partial charge >= 0.3 is 0 Å². The molecule has 0 saturated carbocycles. The summed E-state index contributed by atoms with van der Waals surface area (Å²) in [5.41, 5.74) is 2.95. The van der Waals surface area contributed by atoms with Gasteiger partial charge in [0.25, 0.3) is 0 Å². The van der Waals surface area contributed by atoms with Crippen molar-refractivity contribution in [2.24, 2.45) is 0 Å². The maximum absolute atomic E-state index is 13.8. The van der Waals surface area contributed by atoms with Gasteiger partial charge in [-0.3, -0.25) is 4.79 Å². The number of Topliss-reactive ketones (excluding diaryl/α,β-unsaturated/α-hetero) is 1. The highest BCUT2D eigenvalue weighted by atomic mass is 127. The van der Waals surface area contributed by atoms with Gasteiger partial charge in [-0.15, -0.1) is 0 Å². The Morgan fingerprint density at radius 1 is 0.514 bits per heavy atom. The topological polar surface area (TPSA) is 17.1 Å². The molecule has 5 rings (SSSR count). The fourth-order valence-electron chi connectivity index (χ4n) is 4.38. The first kappa shape index (κ1) is 23.5. The van der Waals surface area contributed by atoms with Gasteiger partial charge in [-0.25, -0.2) is 0 Å². The van der Waals surface area contributed by atoms with Gasteiger partial charge in [-0.1, -0.05) is 127 Å². The number of hydrogen-bond donors (Lipinski definition) is 0. The third kappa shape index (κ3) is 4.96. The van der Waals surface area contributed by atoms with Crippen LogP contribution >= 0.6 is 29.5 Å². The molecule has 0 aromatic heterocycles. The Balaban J connectivity index is 1.67. The molecule has 0 N–H and O–H groups in total. The molecule has 5 aromatic rings. The second-order valence-electron chi connectivity index (χ2n) is 8.31. The molecule has 170 valence electrons. The van der Waals surface area contributed by atoms with E-state index in [9.17, 15) is 4.79 Å². The summed E-state index contributed by atoms with van der Waals surface area (Å²) in [7, 11) is 0. The van der Waals surface area contributed by atoms with E-state index in [1.165, 1.54) is 19.5 Å². The Bertz CT molecular complexity index is 1370. The Kier molecular flexibility index (Phi) is 7.13. The number of carbonyl (C=O) groups excluding carboxylic acids is 1. The minimum Gasteiger partial charge on any atom is -0.289 e. The first-order valence-corrected chi connectivity index (χ1v) is 14.4. The van der Waals surface area contributed by atoms with Gasteiger partial charge in [0.1, 0.15) is 0 Å². The number of benzene rings is 5. The van der Waals surface area contributed by atoms with Crippen molar-refractivity contribution in [3.05, 3.63) is 149 Å². The quantitative estimate of drug-likeness (QED) is 0.121. The molecule has 0 aliphatic heterocycles. The van der Waals surface area contributed by atoms with Gasteiger partial charge in [0.15, 0.2) is 5.78 Å².